The Morgan fingerprint density at radius 2 is 2.27 bits per heavy atom. The number of hydrogen-bond donors (Lipinski definition) is 2. The molecule has 0 aliphatic carbocycles. The van der Waals surface area contributed by atoms with E-state index < -0.39 is 0 Å². The minimum absolute atomic E-state index is 0.130. The average molecular weight is 269 g/mol. The first-order valence-electron chi connectivity index (χ1n) is 5.26. The van der Waals surface area contributed by atoms with E-state index in [-0.39, 0.29) is 5.54 Å². The van der Waals surface area contributed by atoms with E-state index in [2.05, 4.69) is 53.3 Å². The molecule has 1 fully saturated rings. The van der Waals surface area contributed by atoms with Crippen molar-refractivity contribution in [2.75, 3.05) is 13.1 Å². The Morgan fingerprint density at radius 3 is 2.80 bits per heavy atom. The molecule has 2 rings (SSSR count). The lowest BCUT2D eigenvalue weighted by Gasteiger charge is -2.26. The fourth-order valence-electron chi connectivity index (χ4n) is 2.17. The molecule has 3 N–H and O–H groups in total. The number of rotatable bonds is 1. The van der Waals surface area contributed by atoms with Crippen LogP contribution in [0.1, 0.15) is 24.0 Å². The Labute approximate surface area is 99.4 Å². The van der Waals surface area contributed by atoms with Gasteiger partial charge in [-0.25, -0.2) is 0 Å². The summed E-state index contributed by atoms with van der Waals surface area (Å²) in [5.41, 5.74) is 8.72. The van der Waals surface area contributed by atoms with Gasteiger partial charge < -0.3 is 11.1 Å². The number of benzene rings is 1. The maximum Gasteiger partial charge on any atom is 0.0333 e. The fraction of sp³-hybridized carbons (Fsp3) is 0.500. The van der Waals surface area contributed by atoms with E-state index >= 15 is 0 Å². The fourth-order valence-corrected chi connectivity index (χ4v) is 2.56. The third-order valence-corrected chi connectivity index (χ3v) is 4.10. The van der Waals surface area contributed by atoms with E-state index in [9.17, 15) is 0 Å². The van der Waals surface area contributed by atoms with E-state index in [1.165, 1.54) is 15.6 Å². The summed E-state index contributed by atoms with van der Waals surface area (Å²) in [7, 11) is 0. The van der Waals surface area contributed by atoms with Crippen LogP contribution < -0.4 is 11.1 Å². The summed E-state index contributed by atoms with van der Waals surface area (Å²) >= 11 is 3.57. The summed E-state index contributed by atoms with van der Waals surface area (Å²) in [5, 5.41) is 3.35. The molecule has 0 saturated carbocycles. The van der Waals surface area contributed by atoms with E-state index in [1.807, 2.05) is 0 Å². The topological polar surface area (TPSA) is 38.0 Å². The zero-order valence-corrected chi connectivity index (χ0v) is 10.8. The van der Waals surface area contributed by atoms with Crippen LogP contribution in [0.25, 0.3) is 0 Å². The Kier molecular flexibility index (Phi) is 2.88. The van der Waals surface area contributed by atoms with Crippen LogP contribution in [0.4, 0.5) is 0 Å². The lowest BCUT2D eigenvalue weighted by molar-refractivity contribution is 0.462. The molecule has 1 aliphatic rings. The van der Waals surface area contributed by atoms with Gasteiger partial charge in [0.05, 0.1) is 0 Å². The molecule has 1 aliphatic heterocycles. The first-order valence-corrected chi connectivity index (χ1v) is 6.05. The van der Waals surface area contributed by atoms with Crippen molar-refractivity contribution in [1.82, 2.24) is 5.32 Å². The molecular formula is C12H17BrN2. The molecule has 2 atom stereocenters. The summed E-state index contributed by atoms with van der Waals surface area (Å²) in [4.78, 5) is 0. The zero-order valence-electron chi connectivity index (χ0n) is 9.18. The van der Waals surface area contributed by atoms with Gasteiger partial charge in [-0.3, -0.25) is 0 Å². The van der Waals surface area contributed by atoms with E-state index in [4.69, 9.17) is 5.73 Å². The highest BCUT2D eigenvalue weighted by molar-refractivity contribution is 9.10. The van der Waals surface area contributed by atoms with Gasteiger partial charge in [-0.05, 0) is 31.0 Å². The quantitative estimate of drug-likeness (QED) is 0.820. The maximum atomic E-state index is 6.26. The van der Waals surface area contributed by atoms with Gasteiger partial charge in [0.1, 0.15) is 0 Å². The number of aryl methyl sites for hydroxylation is 1. The smallest absolute Gasteiger partial charge is 0.0333 e. The molecule has 0 radical (unpaired) electrons. The monoisotopic (exact) mass is 268 g/mol. The van der Waals surface area contributed by atoms with E-state index in [0.717, 1.165) is 13.1 Å². The van der Waals surface area contributed by atoms with Crippen molar-refractivity contribution in [2.45, 2.75) is 25.3 Å². The molecule has 82 valence electrons. The van der Waals surface area contributed by atoms with Crippen molar-refractivity contribution in [1.29, 1.82) is 0 Å². The Balaban J connectivity index is 2.33. The first kappa shape index (κ1) is 11.1. The highest BCUT2D eigenvalue weighted by atomic mass is 79.9. The minimum atomic E-state index is -0.130. The lowest BCUT2D eigenvalue weighted by Crippen LogP contribution is -2.42. The minimum Gasteiger partial charge on any atom is -0.324 e. The van der Waals surface area contributed by atoms with Crippen LogP contribution in [0.3, 0.4) is 0 Å². The van der Waals surface area contributed by atoms with Gasteiger partial charge in [0.15, 0.2) is 0 Å². The molecule has 0 bridgehead atoms. The highest BCUT2D eigenvalue weighted by Crippen LogP contribution is 2.31. The van der Waals surface area contributed by atoms with Crippen molar-refractivity contribution in [3.8, 4) is 0 Å². The third kappa shape index (κ3) is 2.10. The molecule has 1 heterocycles. The Bertz CT molecular complexity index is 374. The van der Waals surface area contributed by atoms with Crippen LogP contribution in [0, 0.1) is 6.92 Å². The molecule has 0 amide bonds. The molecule has 1 aromatic carbocycles. The summed E-state index contributed by atoms with van der Waals surface area (Å²) in [6.07, 6.45) is 0. The average Bonchev–Trinajstić information content (AvgIpc) is 2.50. The van der Waals surface area contributed by atoms with Crippen LogP contribution in [-0.2, 0) is 0 Å². The molecular weight excluding hydrogens is 252 g/mol. The number of nitrogens with two attached hydrogens (primary N) is 1. The van der Waals surface area contributed by atoms with Crippen molar-refractivity contribution < 1.29 is 0 Å². The van der Waals surface area contributed by atoms with E-state index in [0.29, 0.717) is 5.92 Å². The molecule has 3 heteroatoms. The SMILES string of the molecule is Cc1ccc([C@@H]2CNC[C@@]2(C)N)cc1Br. The standard InChI is InChI=1S/C12H17BrN2/c1-8-3-4-9(5-11(8)13)10-6-15-7-12(10,2)14/h3-5,10,15H,6-7,14H2,1-2H3/t10-,12+/m0/s1. The number of halogens is 1. The maximum absolute atomic E-state index is 6.26. The molecule has 0 unspecified atom stereocenters. The van der Waals surface area contributed by atoms with Gasteiger partial charge in [-0.2, -0.15) is 0 Å². The normalized spacial score (nSPS) is 30.8. The summed E-state index contributed by atoms with van der Waals surface area (Å²) in [5.74, 6) is 0.411. The second kappa shape index (κ2) is 3.89. The molecule has 0 spiro atoms. The molecule has 0 aromatic heterocycles. The Morgan fingerprint density at radius 1 is 1.53 bits per heavy atom. The van der Waals surface area contributed by atoms with Crippen molar-refractivity contribution >= 4 is 15.9 Å². The van der Waals surface area contributed by atoms with Gasteiger partial charge in [0.2, 0.25) is 0 Å². The predicted octanol–water partition coefficient (Wildman–Crippen LogP) is 2.16. The zero-order chi connectivity index (χ0) is 11.1. The second-order valence-electron chi connectivity index (χ2n) is 4.70. The molecule has 15 heavy (non-hydrogen) atoms. The summed E-state index contributed by atoms with van der Waals surface area (Å²) in [6.45, 7) is 6.08. The van der Waals surface area contributed by atoms with Crippen LogP contribution in [0.2, 0.25) is 0 Å². The second-order valence-corrected chi connectivity index (χ2v) is 5.55. The van der Waals surface area contributed by atoms with Crippen LogP contribution in [-0.4, -0.2) is 18.6 Å². The molecule has 1 aromatic rings. The summed E-state index contributed by atoms with van der Waals surface area (Å²) < 4.78 is 1.17. The summed E-state index contributed by atoms with van der Waals surface area (Å²) in [6, 6.07) is 6.52. The van der Waals surface area contributed by atoms with Gasteiger partial charge in [0, 0.05) is 29.0 Å². The van der Waals surface area contributed by atoms with E-state index in [1.54, 1.807) is 0 Å². The lowest BCUT2D eigenvalue weighted by atomic mass is 9.84. The van der Waals surface area contributed by atoms with Crippen LogP contribution in [0.15, 0.2) is 22.7 Å². The van der Waals surface area contributed by atoms with Crippen molar-refractivity contribution in [3.63, 3.8) is 0 Å². The van der Waals surface area contributed by atoms with Gasteiger partial charge in [-0.1, -0.05) is 28.1 Å². The van der Waals surface area contributed by atoms with Crippen molar-refractivity contribution in [3.05, 3.63) is 33.8 Å². The third-order valence-electron chi connectivity index (χ3n) is 3.25. The number of hydrogen-bond acceptors (Lipinski definition) is 2. The van der Waals surface area contributed by atoms with Crippen molar-refractivity contribution in [2.24, 2.45) is 5.73 Å². The largest absolute Gasteiger partial charge is 0.324 e. The highest BCUT2D eigenvalue weighted by Gasteiger charge is 2.36. The van der Waals surface area contributed by atoms with Gasteiger partial charge in [0.25, 0.3) is 0 Å². The van der Waals surface area contributed by atoms with Gasteiger partial charge in [-0.15, -0.1) is 0 Å². The van der Waals surface area contributed by atoms with Crippen LogP contribution in [0.5, 0.6) is 0 Å². The van der Waals surface area contributed by atoms with Gasteiger partial charge >= 0.3 is 0 Å². The van der Waals surface area contributed by atoms with Crippen LogP contribution >= 0.6 is 15.9 Å². The number of nitrogens with one attached hydrogen (secondary N) is 1. The Hall–Kier alpha value is -0.380. The molecule has 1 saturated heterocycles. The molecule has 2 nitrogen and oxygen atoms in total. The first-order chi connectivity index (χ1) is 7.00. The predicted molar refractivity (Wildman–Crippen MR) is 67.1 cm³/mol.